The Bertz CT molecular complexity index is 801. The van der Waals surface area contributed by atoms with Crippen molar-refractivity contribution in [2.45, 2.75) is 24.7 Å². The first-order chi connectivity index (χ1) is 11.0. The molecule has 1 aromatic carbocycles. The molecule has 5 nitrogen and oxygen atoms in total. The number of hydrogen-bond acceptors (Lipinski definition) is 4. The van der Waals surface area contributed by atoms with Gasteiger partial charge in [-0.3, -0.25) is 4.72 Å². The first kappa shape index (κ1) is 15.7. The second-order valence-electron chi connectivity index (χ2n) is 5.57. The fourth-order valence-corrected chi connectivity index (χ4v) is 3.97. The van der Waals surface area contributed by atoms with Crippen molar-refractivity contribution >= 4 is 21.5 Å². The summed E-state index contributed by atoms with van der Waals surface area (Å²) in [5.74, 6) is 0.294. The van der Waals surface area contributed by atoms with Gasteiger partial charge in [-0.15, -0.1) is 0 Å². The Morgan fingerprint density at radius 2 is 1.91 bits per heavy atom. The van der Waals surface area contributed by atoms with Gasteiger partial charge in [0.2, 0.25) is 0 Å². The van der Waals surface area contributed by atoms with Crippen molar-refractivity contribution in [2.24, 2.45) is 0 Å². The standard InChI is InChI=1S/C16H18FN3O2S/c1-12-14(17)5-4-6-15(12)23(21,22)19-13-7-8-16(18-11-13)20-9-2-3-10-20/h4-8,11,19H,2-3,9-10H2,1H3. The Morgan fingerprint density at radius 3 is 2.57 bits per heavy atom. The molecule has 122 valence electrons. The molecule has 1 aliphatic heterocycles. The zero-order valence-corrected chi connectivity index (χ0v) is 13.6. The van der Waals surface area contributed by atoms with Gasteiger partial charge in [0.05, 0.1) is 16.8 Å². The molecule has 1 aromatic heterocycles. The van der Waals surface area contributed by atoms with Gasteiger partial charge in [-0.1, -0.05) is 6.07 Å². The Hall–Kier alpha value is -2.15. The lowest BCUT2D eigenvalue weighted by Gasteiger charge is -2.16. The van der Waals surface area contributed by atoms with Gasteiger partial charge in [-0.05, 0) is 44.0 Å². The van der Waals surface area contributed by atoms with Crippen LogP contribution in [-0.2, 0) is 10.0 Å². The third kappa shape index (κ3) is 3.29. The lowest BCUT2D eigenvalue weighted by molar-refractivity contribution is 0.590. The topological polar surface area (TPSA) is 62.3 Å². The highest BCUT2D eigenvalue weighted by Gasteiger charge is 2.19. The largest absolute Gasteiger partial charge is 0.357 e. The maximum absolute atomic E-state index is 13.6. The maximum Gasteiger partial charge on any atom is 0.262 e. The first-order valence-electron chi connectivity index (χ1n) is 7.46. The lowest BCUT2D eigenvalue weighted by Crippen LogP contribution is -2.19. The molecule has 2 heterocycles. The summed E-state index contributed by atoms with van der Waals surface area (Å²) in [6.07, 6.45) is 3.78. The molecule has 0 bridgehead atoms. The number of nitrogens with zero attached hydrogens (tertiary/aromatic N) is 2. The van der Waals surface area contributed by atoms with Crippen LogP contribution in [0.2, 0.25) is 0 Å². The SMILES string of the molecule is Cc1c(F)cccc1S(=O)(=O)Nc1ccc(N2CCCC2)nc1. The molecule has 1 fully saturated rings. The van der Waals surface area contributed by atoms with E-state index in [9.17, 15) is 12.8 Å². The molecule has 7 heteroatoms. The molecular formula is C16H18FN3O2S. The summed E-state index contributed by atoms with van der Waals surface area (Å²) in [6, 6.07) is 7.47. The highest BCUT2D eigenvalue weighted by Crippen LogP contribution is 2.23. The fraction of sp³-hybridized carbons (Fsp3) is 0.312. The van der Waals surface area contributed by atoms with Crippen LogP contribution in [0.25, 0.3) is 0 Å². The minimum absolute atomic E-state index is 0.0684. The molecule has 23 heavy (non-hydrogen) atoms. The van der Waals surface area contributed by atoms with Crippen LogP contribution in [0.3, 0.4) is 0 Å². The summed E-state index contributed by atoms with van der Waals surface area (Å²) in [6.45, 7) is 3.39. The lowest BCUT2D eigenvalue weighted by atomic mass is 10.2. The Kier molecular flexibility index (Phi) is 4.21. The number of anilines is 2. The zero-order chi connectivity index (χ0) is 16.4. The van der Waals surface area contributed by atoms with E-state index in [1.54, 1.807) is 12.1 Å². The van der Waals surface area contributed by atoms with Gasteiger partial charge in [0.25, 0.3) is 10.0 Å². The summed E-state index contributed by atoms with van der Waals surface area (Å²) in [5.41, 5.74) is 0.457. The van der Waals surface area contributed by atoms with E-state index in [0.29, 0.717) is 5.69 Å². The number of hydrogen-bond donors (Lipinski definition) is 1. The van der Waals surface area contributed by atoms with Gasteiger partial charge in [-0.2, -0.15) is 0 Å². The van der Waals surface area contributed by atoms with E-state index in [1.807, 2.05) is 0 Å². The highest BCUT2D eigenvalue weighted by molar-refractivity contribution is 7.92. The van der Waals surface area contributed by atoms with E-state index in [2.05, 4.69) is 14.6 Å². The van der Waals surface area contributed by atoms with Gasteiger partial charge >= 0.3 is 0 Å². The van der Waals surface area contributed by atoms with E-state index < -0.39 is 15.8 Å². The van der Waals surface area contributed by atoms with E-state index in [0.717, 1.165) is 31.7 Å². The van der Waals surface area contributed by atoms with E-state index >= 15 is 0 Å². The number of aromatic nitrogens is 1. The second-order valence-corrected chi connectivity index (χ2v) is 7.22. The van der Waals surface area contributed by atoms with Crippen LogP contribution in [0, 0.1) is 12.7 Å². The van der Waals surface area contributed by atoms with Crippen LogP contribution >= 0.6 is 0 Å². The molecule has 0 atom stereocenters. The zero-order valence-electron chi connectivity index (χ0n) is 12.8. The summed E-state index contributed by atoms with van der Waals surface area (Å²) in [5, 5.41) is 0. The van der Waals surface area contributed by atoms with Crippen molar-refractivity contribution in [3.8, 4) is 0 Å². The summed E-state index contributed by atoms with van der Waals surface area (Å²) >= 11 is 0. The number of pyridine rings is 1. The highest BCUT2D eigenvalue weighted by atomic mass is 32.2. The molecular weight excluding hydrogens is 317 g/mol. The van der Waals surface area contributed by atoms with E-state index in [4.69, 9.17) is 0 Å². The molecule has 3 rings (SSSR count). The normalized spacial score (nSPS) is 15.0. The Balaban J connectivity index is 1.81. The summed E-state index contributed by atoms with van der Waals surface area (Å²) in [4.78, 5) is 6.40. The summed E-state index contributed by atoms with van der Waals surface area (Å²) in [7, 11) is -3.84. The number of sulfonamides is 1. The van der Waals surface area contributed by atoms with Crippen LogP contribution in [-0.4, -0.2) is 26.5 Å². The average Bonchev–Trinajstić information content (AvgIpc) is 3.04. The molecule has 2 aromatic rings. The van der Waals surface area contributed by atoms with Gasteiger partial charge in [0.1, 0.15) is 11.6 Å². The second kappa shape index (κ2) is 6.16. The monoisotopic (exact) mass is 335 g/mol. The number of rotatable bonds is 4. The smallest absolute Gasteiger partial charge is 0.262 e. The average molecular weight is 335 g/mol. The fourth-order valence-electron chi connectivity index (χ4n) is 2.67. The Labute approximate surface area is 135 Å². The van der Waals surface area contributed by atoms with Crippen molar-refractivity contribution in [1.82, 2.24) is 4.98 Å². The third-order valence-electron chi connectivity index (χ3n) is 3.94. The van der Waals surface area contributed by atoms with Gasteiger partial charge in [0, 0.05) is 18.7 Å². The van der Waals surface area contributed by atoms with Crippen LogP contribution in [0.4, 0.5) is 15.9 Å². The molecule has 1 aliphatic rings. The molecule has 0 saturated carbocycles. The molecule has 1 saturated heterocycles. The number of halogens is 1. The van der Waals surface area contributed by atoms with Crippen molar-refractivity contribution in [3.63, 3.8) is 0 Å². The molecule has 0 amide bonds. The van der Waals surface area contributed by atoms with Crippen LogP contribution in [0.1, 0.15) is 18.4 Å². The van der Waals surface area contributed by atoms with E-state index in [1.165, 1.54) is 31.3 Å². The van der Waals surface area contributed by atoms with Gasteiger partial charge in [0.15, 0.2) is 0 Å². The number of nitrogens with one attached hydrogen (secondary N) is 1. The third-order valence-corrected chi connectivity index (χ3v) is 5.46. The van der Waals surface area contributed by atoms with Gasteiger partial charge < -0.3 is 4.90 Å². The predicted octanol–water partition coefficient (Wildman–Crippen LogP) is 2.93. The molecule has 0 radical (unpaired) electrons. The van der Waals surface area contributed by atoms with Gasteiger partial charge in [-0.25, -0.2) is 17.8 Å². The Morgan fingerprint density at radius 1 is 1.17 bits per heavy atom. The summed E-state index contributed by atoms with van der Waals surface area (Å²) < 4.78 is 40.8. The molecule has 0 unspecified atom stereocenters. The van der Waals surface area contributed by atoms with Crippen LogP contribution in [0.5, 0.6) is 0 Å². The first-order valence-corrected chi connectivity index (χ1v) is 8.94. The minimum Gasteiger partial charge on any atom is -0.357 e. The van der Waals surface area contributed by atoms with Crippen molar-refractivity contribution < 1.29 is 12.8 Å². The molecule has 0 spiro atoms. The van der Waals surface area contributed by atoms with Crippen LogP contribution < -0.4 is 9.62 Å². The maximum atomic E-state index is 13.6. The predicted molar refractivity (Wildman–Crippen MR) is 87.6 cm³/mol. The van der Waals surface area contributed by atoms with Crippen molar-refractivity contribution in [2.75, 3.05) is 22.7 Å². The quantitative estimate of drug-likeness (QED) is 0.933. The minimum atomic E-state index is -3.84. The molecule has 1 N–H and O–H groups in total. The number of benzene rings is 1. The molecule has 0 aliphatic carbocycles. The van der Waals surface area contributed by atoms with Crippen molar-refractivity contribution in [1.29, 1.82) is 0 Å². The van der Waals surface area contributed by atoms with E-state index in [-0.39, 0.29) is 10.5 Å². The van der Waals surface area contributed by atoms with Crippen LogP contribution in [0.15, 0.2) is 41.4 Å². The van der Waals surface area contributed by atoms with Crippen molar-refractivity contribution in [3.05, 3.63) is 47.9 Å².